The first-order valence-corrected chi connectivity index (χ1v) is 6.02. The predicted molar refractivity (Wildman–Crippen MR) is 67.0 cm³/mol. The Labute approximate surface area is 98.3 Å². The third-order valence-corrected chi connectivity index (χ3v) is 2.83. The Bertz CT molecular complexity index is 347. The average molecular weight is 222 g/mol. The summed E-state index contributed by atoms with van der Waals surface area (Å²) < 4.78 is 5.77. The summed E-state index contributed by atoms with van der Waals surface area (Å²) in [4.78, 5) is 0. The maximum absolute atomic E-state index is 9.21. The molecule has 1 unspecified atom stereocenters. The second kappa shape index (κ2) is 5.35. The molecule has 16 heavy (non-hydrogen) atoms. The highest BCUT2D eigenvalue weighted by Crippen LogP contribution is 2.33. The number of rotatable bonds is 1. The molecule has 1 aromatic rings. The number of hydrogen-bond donors (Lipinski definition) is 1. The van der Waals surface area contributed by atoms with E-state index in [0.717, 1.165) is 18.6 Å². The lowest BCUT2D eigenvalue weighted by molar-refractivity contribution is 0.00807. The number of aliphatic hydroxyl groups is 1. The van der Waals surface area contributed by atoms with Crippen LogP contribution in [0, 0.1) is 6.92 Å². The van der Waals surface area contributed by atoms with Gasteiger partial charge in [0.15, 0.2) is 0 Å². The van der Waals surface area contributed by atoms with E-state index in [1.165, 1.54) is 11.1 Å². The highest BCUT2D eigenvalue weighted by molar-refractivity contribution is 5.39. The van der Waals surface area contributed by atoms with Crippen molar-refractivity contribution in [2.24, 2.45) is 0 Å². The fourth-order valence-corrected chi connectivity index (χ4v) is 1.83. The van der Waals surface area contributed by atoms with Gasteiger partial charge in [-0.1, -0.05) is 31.5 Å². The molecular formula is C14H22O2. The van der Waals surface area contributed by atoms with Gasteiger partial charge in [-0.05, 0) is 38.3 Å². The predicted octanol–water partition coefficient (Wildman–Crippen LogP) is 3.10. The van der Waals surface area contributed by atoms with E-state index < -0.39 is 0 Å². The number of ether oxygens (including phenoxy) is 1. The van der Waals surface area contributed by atoms with Crippen LogP contribution in [0.2, 0.25) is 0 Å². The van der Waals surface area contributed by atoms with Gasteiger partial charge in [-0.25, -0.2) is 0 Å². The maximum atomic E-state index is 9.21. The van der Waals surface area contributed by atoms with Crippen LogP contribution < -0.4 is 4.74 Å². The van der Waals surface area contributed by atoms with E-state index in [2.05, 4.69) is 13.0 Å². The number of fused-ring (bicyclic) bond motifs is 1. The molecular weight excluding hydrogens is 200 g/mol. The zero-order chi connectivity index (χ0) is 12.2. The number of hydrogen-bond acceptors (Lipinski definition) is 2. The normalized spacial score (nSPS) is 22.6. The lowest BCUT2D eigenvalue weighted by atomic mass is 9.92. The molecule has 1 heterocycles. The molecule has 2 rings (SSSR count). The minimum atomic E-state index is -0.387. The summed E-state index contributed by atoms with van der Waals surface area (Å²) in [7, 11) is 0. The van der Waals surface area contributed by atoms with Crippen LogP contribution >= 0.6 is 0 Å². The topological polar surface area (TPSA) is 29.5 Å². The Morgan fingerprint density at radius 1 is 1.38 bits per heavy atom. The van der Waals surface area contributed by atoms with Gasteiger partial charge < -0.3 is 9.84 Å². The first kappa shape index (κ1) is 13.0. The van der Waals surface area contributed by atoms with E-state index in [1.807, 2.05) is 32.9 Å². The molecule has 0 aromatic heterocycles. The minimum Gasteiger partial charge on any atom is -0.485 e. The minimum absolute atomic E-state index is 0.0836. The molecule has 0 bridgehead atoms. The van der Waals surface area contributed by atoms with Gasteiger partial charge >= 0.3 is 0 Å². The van der Waals surface area contributed by atoms with Crippen LogP contribution in [0.3, 0.4) is 0 Å². The quantitative estimate of drug-likeness (QED) is 0.791. The van der Waals surface area contributed by atoms with Crippen molar-refractivity contribution in [3.63, 3.8) is 0 Å². The number of benzene rings is 1. The van der Waals surface area contributed by atoms with Gasteiger partial charge in [0.1, 0.15) is 11.4 Å². The van der Waals surface area contributed by atoms with E-state index in [0.29, 0.717) is 0 Å². The van der Waals surface area contributed by atoms with Crippen molar-refractivity contribution in [3.8, 4) is 5.75 Å². The molecule has 0 fully saturated rings. The van der Waals surface area contributed by atoms with Crippen LogP contribution in [-0.4, -0.2) is 17.3 Å². The Morgan fingerprint density at radius 2 is 2.06 bits per heavy atom. The molecule has 0 radical (unpaired) electrons. The fourth-order valence-electron chi connectivity index (χ4n) is 1.83. The van der Waals surface area contributed by atoms with E-state index >= 15 is 0 Å². The van der Waals surface area contributed by atoms with Gasteiger partial charge in [-0.15, -0.1) is 0 Å². The Balaban J connectivity index is 0.000000606. The van der Waals surface area contributed by atoms with E-state index in [9.17, 15) is 5.11 Å². The van der Waals surface area contributed by atoms with Crippen molar-refractivity contribution in [1.29, 1.82) is 0 Å². The largest absolute Gasteiger partial charge is 0.485 e. The lowest BCUT2D eigenvalue weighted by Gasteiger charge is -2.34. The molecule has 0 saturated carbocycles. The van der Waals surface area contributed by atoms with Gasteiger partial charge in [0.05, 0.1) is 6.61 Å². The maximum Gasteiger partial charge on any atom is 0.129 e. The number of aliphatic hydroxyl groups excluding tert-OH is 1. The molecule has 2 nitrogen and oxygen atoms in total. The monoisotopic (exact) mass is 222 g/mol. The zero-order valence-corrected chi connectivity index (χ0v) is 10.7. The van der Waals surface area contributed by atoms with Gasteiger partial charge in [-0.2, -0.15) is 0 Å². The van der Waals surface area contributed by atoms with Crippen molar-refractivity contribution >= 4 is 0 Å². The van der Waals surface area contributed by atoms with Crippen LogP contribution in [0.5, 0.6) is 5.75 Å². The molecule has 1 aliphatic rings. The summed E-state index contributed by atoms with van der Waals surface area (Å²) >= 11 is 0. The van der Waals surface area contributed by atoms with E-state index in [1.54, 1.807) is 0 Å². The molecule has 0 amide bonds. The molecule has 90 valence electrons. The van der Waals surface area contributed by atoms with Gasteiger partial charge in [0, 0.05) is 0 Å². The second-order valence-corrected chi connectivity index (χ2v) is 4.32. The van der Waals surface area contributed by atoms with E-state index in [4.69, 9.17) is 4.74 Å². The summed E-state index contributed by atoms with van der Waals surface area (Å²) in [5, 5.41) is 9.21. The Morgan fingerprint density at radius 3 is 2.69 bits per heavy atom. The SMILES string of the molecule is CC.Cc1ccc2c(c1)CCC(C)(CO)O2. The van der Waals surface area contributed by atoms with Crippen molar-refractivity contribution in [2.75, 3.05) is 6.61 Å². The summed E-state index contributed by atoms with van der Waals surface area (Å²) in [6.07, 6.45) is 1.88. The Kier molecular flexibility index (Phi) is 4.36. The van der Waals surface area contributed by atoms with Crippen molar-refractivity contribution in [1.82, 2.24) is 0 Å². The second-order valence-electron chi connectivity index (χ2n) is 4.32. The van der Waals surface area contributed by atoms with Crippen LogP contribution in [0.15, 0.2) is 18.2 Å². The summed E-state index contributed by atoms with van der Waals surface area (Å²) in [5.74, 6) is 0.929. The highest BCUT2D eigenvalue weighted by Gasteiger charge is 2.30. The Hall–Kier alpha value is -1.02. The molecule has 0 saturated heterocycles. The van der Waals surface area contributed by atoms with Crippen molar-refractivity contribution < 1.29 is 9.84 Å². The van der Waals surface area contributed by atoms with Gasteiger partial charge in [0.2, 0.25) is 0 Å². The summed E-state index contributed by atoms with van der Waals surface area (Å²) in [5.41, 5.74) is 2.14. The molecule has 2 heteroatoms. The summed E-state index contributed by atoms with van der Waals surface area (Å²) in [6.45, 7) is 8.12. The average Bonchev–Trinajstić information content (AvgIpc) is 2.32. The number of aryl methyl sites for hydroxylation is 2. The highest BCUT2D eigenvalue weighted by atomic mass is 16.5. The third-order valence-electron chi connectivity index (χ3n) is 2.83. The molecule has 0 aliphatic carbocycles. The molecule has 0 spiro atoms. The smallest absolute Gasteiger partial charge is 0.129 e. The third kappa shape index (κ3) is 2.76. The molecule has 1 aromatic carbocycles. The van der Waals surface area contributed by atoms with Crippen LogP contribution in [0.25, 0.3) is 0 Å². The van der Waals surface area contributed by atoms with Crippen molar-refractivity contribution in [3.05, 3.63) is 29.3 Å². The fraction of sp³-hybridized carbons (Fsp3) is 0.571. The van der Waals surface area contributed by atoms with Gasteiger partial charge in [-0.3, -0.25) is 0 Å². The lowest BCUT2D eigenvalue weighted by Crippen LogP contribution is -2.39. The summed E-state index contributed by atoms with van der Waals surface area (Å²) in [6, 6.07) is 6.20. The first-order chi connectivity index (χ1) is 7.63. The molecule has 1 aliphatic heterocycles. The molecule has 1 atom stereocenters. The van der Waals surface area contributed by atoms with E-state index in [-0.39, 0.29) is 12.2 Å². The van der Waals surface area contributed by atoms with Crippen LogP contribution in [-0.2, 0) is 6.42 Å². The van der Waals surface area contributed by atoms with Crippen molar-refractivity contribution in [2.45, 2.75) is 46.1 Å². The molecule has 1 N–H and O–H groups in total. The zero-order valence-electron chi connectivity index (χ0n) is 10.7. The van der Waals surface area contributed by atoms with Gasteiger partial charge in [0.25, 0.3) is 0 Å². The first-order valence-electron chi connectivity index (χ1n) is 6.02. The standard InChI is InChI=1S/C12H16O2.C2H6/c1-9-3-4-11-10(7-9)5-6-12(2,8-13)14-11;1-2/h3-4,7,13H,5-6,8H2,1-2H3;1-2H3. The van der Waals surface area contributed by atoms with Crippen LogP contribution in [0.4, 0.5) is 0 Å². The van der Waals surface area contributed by atoms with Crippen LogP contribution in [0.1, 0.15) is 38.3 Å².